The molecular weight excluding hydrogens is 488 g/mol. The van der Waals surface area contributed by atoms with Gasteiger partial charge in [0.25, 0.3) is 11.5 Å². The lowest BCUT2D eigenvalue weighted by molar-refractivity contribution is 0.0128. The molecule has 4 aromatic rings. The van der Waals surface area contributed by atoms with E-state index in [1.54, 1.807) is 30.3 Å². The fourth-order valence-corrected chi connectivity index (χ4v) is 7.28. The van der Waals surface area contributed by atoms with Gasteiger partial charge in [0.1, 0.15) is 24.5 Å². The Balaban J connectivity index is 1.38. The second kappa shape index (κ2) is 9.21. The summed E-state index contributed by atoms with van der Waals surface area (Å²) in [7, 11) is -3.06. The molecular formula is C26H24F3N4O2P. The minimum absolute atomic E-state index is 0.190. The molecule has 0 saturated carbocycles. The van der Waals surface area contributed by atoms with Crippen molar-refractivity contribution in [3.05, 3.63) is 93.8 Å². The quantitative estimate of drug-likeness (QED) is 0.394. The molecule has 0 atom stereocenters. The third-order valence-corrected chi connectivity index (χ3v) is 9.63. The molecule has 1 aliphatic rings. The Bertz CT molecular complexity index is 1540. The summed E-state index contributed by atoms with van der Waals surface area (Å²) in [5.74, 6) is -3.19. The molecule has 5 rings (SSSR count). The number of hydrogen-bond donors (Lipinski definition) is 1. The monoisotopic (exact) mass is 512 g/mol. The van der Waals surface area contributed by atoms with Crippen LogP contribution in [0.5, 0.6) is 0 Å². The lowest BCUT2D eigenvalue weighted by Crippen LogP contribution is -2.38. The first kappa shape index (κ1) is 24.3. The van der Waals surface area contributed by atoms with Crippen LogP contribution in [-0.4, -0.2) is 40.6 Å². The van der Waals surface area contributed by atoms with Crippen molar-refractivity contribution in [2.75, 3.05) is 30.3 Å². The molecule has 0 spiro atoms. The summed E-state index contributed by atoms with van der Waals surface area (Å²) >= 11 is 0. The number of aromatic nitrogens is 3. The smallest absolute Gasteiger partial charge is 0.287 e. The van der Waals surface area contributed by atoms with Crippen molar-refractivity contribution < 1.29 is 17.7 Å². The topological polar surface area (TPSA) is 79.0 Å². The highest BCUT2D eigenvalue weighted by atomic mass is 31.2. The highest BCUT2D eigenvalue weighted by Gasteiger charge is 2.34. The van der Waals surface area contributed by atoms with Crippen LogP contribution in [0.15, 0.2) is 65.5 Å². The summed E-state index contributed by atoms with van der Waals surface area (Å²) < 4.78 is 56.2. The van der Waals surface area contributed by atoms with E-state index in [0.29, 0.717) is 41.8 Å². The number of fused-ring (bicyclic) bond motifs is 1. The molecule has 0 aliphatic carbocycles. The molecule has 186 valence electrons. The van der Waals surface area contributed by atoms with Crippen LogP contribution in [-0.2, 0) is 16.9 Å². The fourth-order valence-electron chi connectivity index (χ4n) is 4.58. The summed E-state index contributed by atoms with van der Waals surface area (Å²) in [6.45, 7) is 1.43. The Hall–Kier alpha value is -3.45. The molecule has 36 heavy (non-hydrogen) atoms. The van der Waals surface area contributed by atoms with Crippen molar-refractivity contribution in [1.29, 1.82) is 0 Å². The Morgan fingerprint density at radius 3 is 2.47 bits per heavy atom. The van der Waals surface area contributed by atoms with Crippen molar-refractivity contribution >= 4 is 29.0 Å². The Morgan fingerprint density at radius 1 is 1.03 bits per heavy atom. The van der Waals surface area contributed by atoms with Gasteiger partial charge in [0, 0.05) is 49.4 Å². The van der Waals surface area contributed by atoms with Gasteiger partial charge in [-0.1, -0.05) is 30.3 Å². The Labute approximate surface area is 205 Å². The predicted molar refractivity (Wildman–Crippen MR) is 135 cm³/mol. The van der Waals surface area contributed by atoms with Gasteiger partial charge < -0.3 is 9.46 Å². The van der Waals surface area contributed by atoms with Crippen molar-refractivity contribution in [2.24, 2.45) is 0 Å². The maximum Gasteiger partial charge on any atom is 0.287 e. The van der Waals surface area contributed by atoms with E-state index in [1.807, 2.05) is 17.0 Å². The second-order valence-corrected chi connectivity index (χ2v) is 12.3. The number of anilines is 1. The van der Waals surface area contributed by atoms with Gasteiger partial charge in [-0.3, -0.25) is 4.79 Å². The third kappa shape index (κ3) is 4.67. The van der Waals surface area contributed by atoms with E-state index in [-0.39, 0.29) is 28.9 Å². The number of rotatable bonds is 5. The van der Waals surface area contributed by atoms with Crippen molar-refractivity contribution in [1.82, 2.24) is 15.2 Å². The molecule has 0 amide bonds. The average Bonchev–Trinajstić information content (AvgIpc) is 2.87. The molecule has 10 heteroatoms. The molecule has 3 heterocycles. The Kier molecular flexibility index (Phi) is 6.20. The van der Waals surface area contributed by atoms with Crippen LogP contribution in [0.25, 0.3) is 10.8 Å². The molecule has 0 radical (unpaired) electrons. The van der Waals surface area contributed by atoms with Gasteiger partial charge in [-0.2, -0.15) is 13.9 Å². The van der Waals surface area contributed by atoms with E-state index in [9.17, 15) is 22.5 Å². The van der Waals surface area contributed by atoms with Crippen LogP contribution >= 0.6 is 7.14 Å². The maximum absolute atomic E-state index is 14.9. The highest BCUT2D eigenvalue weighted by molar-refractivity contribution is 7.71. The third-order valence-electron chi connectivity index (χ3n) is 6.57. The van der Waals surface area contributed by atoms with Crippen LogP contribution in [0.3, 0.4) is 0 Å². The maximum atomic E-state index is 14.9. The zero-order valence-electron chi connectivity index (χ0n) is 19.5. The minimum Gasteiger partial charge on any atom is -0.356 e. The normalized spacial score (nSPS) is 15.8. The number of benzene rings is 2. The van der Waals surface area contributed by atoms with E-state index >= 15 is 0 Å². The molecule has 2 aromatic heterocycles. The number of pyridine rings is 1. The summed E-state index contributed by atoms with van der Waals surface area (Å²) in [4.78, 5) is 18.0. The van der Waals surface area contributed by atoms with Gasteiger partial charge in [-0.25, -0.2) is 14.5 Å². The molecule has 1 aliphatic heterocycles. The number of hydrogen-bond acceptors (Lipinski definition) is 5. The highest BCUT2D eigenvalue weighted by Crippen LogP contribution is 2.47. The second-order valence-electron chi connectivity index (χ2n) is 9.10. The number of aromatic amines is 1. The summed E-state index contributed by atoms with van der Waals surface area (Å²) in [5.41, 5.74) is 0.756. The molecule has 1 saturated heterocycles. The Morgan fingerprint density at radius 2 is 1.75 bits per heavy atom. The number of alkyl halides is 2. The van der Waals surface area contributed by atoms with Gasteiger partial charge >= 0.3 is 0 Å². The SMILES string of the molecule is CC(F)(F)c1cccc(N2CCP(=O)(c3cc(Cc4n[nH]c(=O)c5ccccc45)ccc3F)CC2)n1. The van der Waals surface area contributed by atoms with E-state index in [1.165, 1.54) is 18.2 Å². The van der Waals surface area contributed by atoms with Crippen LogP contribution in [0.4, 0.5) is 19.0 Å². The van der Waals surface area contributed by atoms with Gasteiger partial charge in [0.05, 0.1) is 11.1 Å². The summed E-state index contributed by atoms with van der Waals surface area (Å²) in [5, 5.41) is 8.10. The first-order valence-electron chi connectivity index (χ1n) is 11.6. The van der Waals surface area contributed by atoms with Gasteiger partial charge in [-0.15, -0.1) is 0 Å². The number of H-pyrrole nitrogens is 1. The number of nitrogens with one attached hydrogen (secondary N) is 1. The van der Waals surface area contributed by atoms with Crippen LogP contribution in [0.1, 0.15) is 23.9 Å². The van der Waals surface area contributed by atoms with Crippen LogP contribution in [0, 0.1) is 5.82 Å². The van der Waals surface area contributed by atoms with E-state index in [4.69, 9.17) is 0 Å². The van der Waals surface area contributed by atoms with E-state index in [2.05, 4.69) is 15.2 Å². The average molecular weight is 512 g/mol. The summed E-state index contributed by atoms with van der Waals surface area (Å²) in [6, 6.07) is 16.1. The van der Waals surface area contributed by atoms with Crippen molar-refractivity contribution in [3.63, 3.8) is 0 Å². The lowest BCUT2D eigenvalue weighted by atomic mass is 10.0. The first-order valence-corrected chi connectivity index (χ1v) is 13.7. The van der Waals surface area contributed by atoms with Crippen molar-refractivity contribution in [2.45, 2.75) is 19.3 Å². The largest absolute Gasteiger partial charge is 0.356 e. The predicted octanol–water partition coefficient (Wildman–Crippen LogP) is 4.67. The molecule has 2 aromatic carbocycles. The summed E-state index contributed by atoms with van der Waals surface area (Å²) in [6.07, 6.45) is 0.752. The number of nitrogens with zero attached hydrogens (tertiary/aromatic N) is 3. The molecule has 0 bridgehead atoms. The zero-order chi connectivity index (χ0) is 25.5. The van der Waals surface area contributed by atoms with E-state index in [0.717, 1.165) is 12.5 Å². The van der Waals surface area contributed by atoms with Crippen LogP contribution in [0.2, 0.25) is 0 Å². The minimum atomic E-state index is -3.06. The molecule has 1 N–H and O–H groups in total. The lowest BCUT2D eigenvalue weighted by Gasteiger charge is -2.33. The van der Waals surface area contributed by atoms with E-state index < -0.39 is 18.9 Å². The first-order chi connectivity index (χ1) is 17.1. The standard InChI is InChI=1S/C26H24F3N4O2P/c1-26(28,29)23-7-4-8-24(30-23)33-11-13-36(35,14-12-33)22-16-17(9-10-20(22)27)15-21-18-5-2-3-6-19(18)25(34)32-31-21/h2-10,16H,11-15H2,1H3,(H,32,34). The number of halogens is 3. The van der Waals surface area contributed by atoms with Gasteiger partial charge in [0.15, 0.2) is 0 Å². The van der Waals surface area contributed by atoms with Crippen molar-refractivity contribution in [3.8, 4) is 0 Å². The van der Waals surface area contributed by atoms with Gasteiger partial charge in [0.2, 0.25) is 0 Å². The molecule has 1 fully saturated rings. The zero-order valence-corrected chi connectivity index (χ0v) is 20.4. The molecule has 0 unspecified atom stereocenters. The van der Waals surface area contributed by atoms with Crippen LogP contribution < -0.4 is 15.8 Å². The fraction of sp³-hybridized carbons (Fsp3) is 0.269. The van der Waals surface area contributed by atoms with Gasteiger partial charge in [-0.05, 0) is 35.9 Å². The molecule has 6 nitrogen and oxygen atoms in total.